The summed E-state index contributed by atoms with van der Waals surface area (Å²) < 4.78 is 1.57. The number of tetrazole rings is 1. The van der Waals surface area contributed by atoms with Gasteiger partial charge in [0, 0.05) is 18.7 Å². The zero-order valence-electron chi connectivity index (χ0n) is 13.4. The first-order valence-corrected chi connectivity index (χ1v) is 8.11. The fraction of sp³-hybridized carbons (Fsp3) is 0.500. The molecule has 0 atom stereocenters. The van der Waals surface area contributed by atoms with Crippen molar-refractivity contribution in [1.29, 1.82) is 0 Å². The summed E-state index contributed by atoms with van der Waals surface area (Å²) in [4.78, 5) is 14.5. The van der Waals surface area contributed by atoms with Crippen LogP contribution in [-0.4, -0.2) is 57.2 Å². The molecule has 1 aliphatic rings. The van der Waals surface area contributed by atoms with Crippen LogP contribution in [-0.2, 0) is 0 Å². The average molecular weight is 314 g/mol. The number of nitrogens with one attached hydrogen (secondary N) is 1. The van der Waals surface area contributed by atoms with Crippen molar-refractivity contribution in [3.05, 3.63) is 36.2 Å². The normalized spacial score (nSPS) is 15.8. The summed E-state index contributed by atoms with van der Waals surface area (Å²) in [7, 11) is 0. The maximum atomic E-state index is 12.6. The number of aromatic nitrogens is 4. The van der Waals surface area contributed by atoms with E-state index in [0.29, 0.717) is 11.5 Å². The lowest BCUT2D eigenvalue weighted by Crippen LogP contribution is -2.40. The standard InChI is InChI=1S/C16H22N6O/c1-2-17-11-13-7-9-21(10-8-13)16(23)14-3-5-15(6-4-14)22-12-18-19-20-22/h3-6,12-13,17H,2,7-11H2,1H3. The minimum absolute atomic E-state index is 0.107. The van der Waals surface area contributed by atoms with E-state index in [1.807, 2.05) is 29.2 Å². The second kappa shape index (κ2) is 7.32. The Bertz CT molecular complexity index is 617. The van der Waals surface area contributed by atoms with Crippen molar-refractivity contribution in [2.24, 2.45) is 5.92 Å². The molecule has 0 aliphatic carbocycles. The first-order valence-electron chi connectivity index (χ1n) is 8.11. The Hall–Kier alpha value is -2.28. The van der Waals surface area contributed by atoms with E-state index in [4.69, 9.17) is 0 Å². The molecule has 2 aromatic rings. The molecule has 1 aliphatic heterocycles. The van der Waals surface area contributed by atoms with Gasteiger partial charge in [-0.3, -0.25) is 4.79 Å². The van der Waals surface area contributed by atoms with Crippen LogP contribution < -0.4 is 5.32 Å². The number of carbonyl (C=O) groups excluding carboxylic acids is 1. The van der Waals surface area contributed by atoms with Crippen LogP contribution in [0.3, 0.4) is 0 Å². The van der Waals surface area contributed by atoms with Gasteiger partial charge in [-0.15, -0.1) is 5.10 Å². The molecule has 1 fully saturated rings. The lowest BCUT2D eigenvalue weighted by Gasteiger charge is -2.32. The molecule has 0 bridgehead atoms. The van der Waals surface area contributed by atoms with Crippen LogP contribution in [0.1, 0.15) is 30.1 Å². The number of piperidine rings is 1. The molecule has 1 saturated heterocycles. The van der Waals surface area contributed by atoms with Crippen LogP contribution in [0.4, 0.5) is 0 Å². The molecule has 0 radical (unpaired) electrons. The van der Waals surface area contributed by atoms with Crippen LogP contribution in [0, 0.1) is 5.92 Å². The number of benzene rings is 1. The third-order valence-electron chi connectivity index (χ3n) is 4.31. The van der Waals surface area contributed by atoms with Crippen molar-refractivity contribution in [2.45, 2.75) is 19.8 Å². The van der Waals surface area contributed by atoms with E-state index in [9.17, 15) is 4.79 Å². The van der Waals surface area contributed by atoms with Crippen LogP contribution in [0.2, 0.25) is 0 Å². The molecule has 0 unspecified atom stereocenters. The number of amides is 1. The SMILES string of the molecule is CCNCC1CCN(C(=O)c2ccc(-n3cnnn3)cc2)CC1. The van der Waals surface area contributed by atoms with Gasteiger partial charge >= 0.3 is 0 Å². The van der Waals surface area contributed by atoms with E-state index in [1.165, 1.54) is 6.33 Å². The number of carbonyl (C=O) groups is 1. The number of likely N-dealkylation sites (tertiary alicyclic amines) is 1. The molecule has 0 spiro atoms. The molecule has 0 saturated carbocycles. The van der Waals surface area contributed by atoms with Crippen molar-refractivity contribution < 1.29 is 4.79 Å². The summed E-state index contributed by atoms with van der Waals surface area (Å²) in [6.45, 7) is 5.86. The fourth-order valence-electron chi connectivity index (χ4n) is 2.91. The summed E-state index contributed by atoms with van der Waals surface area (Å²) in [5.74, 6) is 0.788. The van der Waals surface area contributed by atoms with Crippen molar-refractivity contribution >= 4 is 5.91 Å². The molecule has 1 amide bonds. The Morgan fingerprint density at radius 2 is 2.00 bits per heavy atom. The van der Waals surface area contributed by atoms with E-state index in [0.717, 1.165) is 44.7 Å². The molecular weight excluding hydrogens is 292 g/mol. The van der Waals surface area contributed by atoms with Crippen molar-refractivity contribution in [3.63, 3.8) is 0 Å². The zero-order valence-corrected chi connectivity index (χ0v) is 13.4. The van der Waals surface area contributed by atoms with Gasteiger partial charge in [-0.1, -0.05) is 6.92 Å². The number of hydrogen-bond acceptors (Lipinski definition) is 5. The van der Waals surface area contributed by atoms with E-state index >= 15 is 0 Å². The summed E-state index contributed by atoms with van der Waals surface area (Å²) in [6.07, 6.45) is 3.68. The van der Waals surface area contributed by atoms with Crippen molar-refractivity contribution in [3.8, 4) is 5.69 Å². The van der Waals surface area contributed by atoms with Gasteiger partial charge in [-0.2, -0.15) is 0 Å². The molecule has 7 nitrogen and oxygen atoms in total. The molecule has 122 valence electrons. The zero-order chi connectivity index (χ0) is 16.1. The molecule has 1 aromatic carbocycles. The van der Waals surface area contributed by atoms with E-state index in [-0.39, 0.29) is 5.91 Å². The third-order valence-corrected chi connectivity index (χ3v) is 4.31. The molecule has 1 N–H and O–H groups in total. The predicted octanol–water partition coefficient (Wildman–Crippen LogP) is 1.12. The smallest absolute Gasteiger partial charge is 0.253 e. The second-order valence-electron chi connectivity index (χ2n) is 5.84. The highest BCUT2D eigenvalue weighted by molar-refractivity contribution is 5.94. The highest BCUT2D eigenvalue weighted by Gasteiger charge is 2.23. The summed E-state index contributed by atoms with van der Waals surface area (Å²) in [6, 6.07) is 7.40. The quantitative estimate of drug-likeness (QED) is 0.895. The van der Waals surface area contributed by atoms with Gasteiger partial charge in [0.25, 0.3) is 5.91 Å². The van der Waals surface area contributed by atoms with E-state index in [2.05, 4.69) is 27.8 Å². The Morgan fingerprint density at radius 3 is 2.61 bits per heavy atom. The molecule has 2 heterocycles. The van der Waals surface area contributed by atoms with Crippen LogP contribution in [0.25, 0.3) is 5.69 Å². The summed E-state index contributed by atoms with van der Waals surface area (Å²) in [5.41, 5.74) is 1.56. The first kappa shape index (κ1) is 15.6. The number of hydrogen-bond donors (Lipinski definition) is 1. The van der Waals surface area contributed by atoms with Crippen LogP contribution in [0.15, 0.2) is 30.6 Å². The maximum Gasteiger partial charge on any atom is 0.253 e. The van der Waals surface area contributed by atoms with Crippen molar-refractivity contribution in [1.82, 2.24) is 30.4 Å². The molecular formula is C16H22N6O. The monoisotopic (exact) mass is 314 g/mol. The lowest BCUT2D eigenvalue weighted by molar-refractivity contribution is 0.0690. The number of rotatable bonds is 5. The third kappa shape index (κ3) is 3.73. The van der Waals surface area contributed by atoms with E-state index in [1.54, 1.807) is 4.68 Å². The fourth-order valence-corrected chi connectivity index (χ4v) is 2.91. The average Bonchev–Trinajstić information content (AvgIpc) is 3.14. The van der Waals surface area contributed by atoms with Gasteiger partial charge < -0.3 is 10.2 Å². The van der Waals surface area contributed by atoms with Gasteiger partial charge in [0.1, 0.15) is 6.33 Å². The second-order valence-corrected chi connectivity index (χ2v) is 5.84. The minimum atomic E-state index is 0.107. The van der Waals surface area contributed by atoms with Gasteiger partial charge in [0.15, 0.2) is 0 Å². The predicted molar refractivity (Wildman–Crippen MR) is 86.3 cm³/mol. The Balaban J connectivity index is 1.58. The van der Waals surface area contributed by atoms with Crippen LogP contribution in [0.5, 0.6) is 0 Å². The highest BCUT2D eigenvalue weighted by Crippen LogP contribution is 2.19. The largest absolute Gasteiger partial charge is 0.339 e. The molecule has 7 heteroatoms. The Labute approximate surface area is 135 Å². The molecule has 3 rings (SSSR count). The first-order chi connectivity index (χ1) is 11.3. The van der Waals surface area contributed by atoms with Gasteiger partial charge in [-0.25, -0.2) is 4.68 Å². The van der Waals surface area contributed by atoms with Gasteiger partial charge in [0.2, 0.25) is 0 Å². The van der Waals surface area contributed by atoms with Gasteiger partial charge in [-0.05, 0) is 66.5 Å². The summed E-state index contributed by atoms with van der Waals surface area (Å²) >= 11 is 0. The van der Waals surface area contributed by atoms with Gasteiger partial charge in [0.05, 0.1) is 5.69 Å². The Morgan fingerprint density at radius 1 is 1.26 bits per heavy atom. The Kier molecular flexibility index (Phi) is 4.97. The van der Waals surface area contributed by atoms with E-state index < -0.39 is 0 Å². The maximum absolute atomic E-state index is 12.6. The molecule has 23 heavy (non-hydrogen) atoms. The topological polar surface area (TPSA) is 75.9 Å². The highest BCUT2D eigenvalue weighted by atomic mass is 16.2. The van der Waals surface area contributed by atoms with Crippen LogP contribution >= 0.6 is 0 Å². The van der Waals surface area contributed by atoms with Crippen molar-refractivity contribution in [2.75, 3.05) is 26.2 Å². The summed E-state index contributed by atoms with van der Waals surface area (Å²) in [5, 5.41) is 14.4. The number of nitrogens with zero attached hydrogens (tertiary/aromatic N) is 5. The molecule has 1 aromatic heterocycles. The minimum Gasteiger partial charge on any atom is -0.339 e. The lowest BCUT2D eigenvalue weighted by atomic mass is 9.96.